The van der Waals surface area contributed by atoms with Crippen molar-refractivity contribution in [3.63, 3.8) is 0 Å². The summed E-state index contributed by atoms with van der Waals surface area (Å²) in [5.74, 6) is -1.57. The van der Waals surface area contributed by atoms with Crippen LogP contribution in [0.1, 0.15) is 28.1 Å². The van der Waals surface area contributed by atoms with Gasteiger partial charge in [-0.15, -0.1) is 11.3 Å². The van der Waals surface area contributed by atoms with Crippen molar-refractivity contribution in [1.29, 1.82) is 0 Å². The Morgan fingerprint density at radius 3 is 2.90 bits per heavy atom. The van der Waals surface area contributed by atoms with Crippen LogP contribution in [0.25, 0.3) is 10.1 Å². The van der Waals surface area contributed by atoms with Crippen molar-refractivity contribution in [2.45, 2.75) is 25.8 Å². The molecule has 110 valence electrons. The van der Waals surface area contributed by atoms with E-state index in [-0.39, 0.29) is 11.7 Å². The molecule has 1 aromatic heterocycles. The second-order valence-electron chi connectivity index (χ2n) is 5.19. The predicted octanol–water partition coefficient (Wildman–Crippen LogP) is 3.04. The van der Waals surface area contributed by atoms with Crippen molar-refractivity contribution in [1.82, 2.24) is 4.90 Å². The highest BCUT2D eigenvalue weighted by molar-refractivity contribution is 7.21. The molecule has 0 bridgehead atoms. The van der Waals surface area contributed by atoms with E-state index in [1.54, 1.807) is 13.0 Å². The number of carboxylic acid groups (broad SMARTS) is 1. The fourth-order valence-corrected chi connectivity index (χ4v) is 3.94. The fourth-order valence-electron chi connectivity index (χ4n) is 2.79. The van der Waals surface area contributed by atoms with E-state index < -0.39 is 12.0 Å². The zero-order valence-corrected chi connectivity index (χ0v) is 12.2. The second-order valence-corrected chi connectivity index (χ2v) is 6.24. The van der Waals surface area contributed by atoms with Gasteiger partial charge in [-0.2, -0.15) is 0 Å². The summed E-state index contributed by atoms with van der Waals surface area (Å²) in [6, 6.07) is 3.68. The van der Waals surface area contributed by atoms with Gasteiger partial charge in [-0.25, -0.2) is 9.18 Å². The molecule has 1 aliphatic rings. The molecular formula is C15H14FNO3S. The molecule has 0 spiro atoms. The molecule has 1 saturated heterocycles. The van der Waals surface area contributed by atoms with Crippen molar-refractivity contribution in [3.8, 4) is 0 Å². The van der Waals surface area contributed by atoms with E-state index in [4.69, 9.17) is 0 Å². The van der Waals surface area contributed by atoms with Crippen LogP contribution in [0, 0.1) is 12.7 Å². The van der Waals surface area contributed by atoms with Gasteiger partial charge in [0.2, 0.25) is 0 Å². The highest BCUT2D eigenvalue weighted by atomic mass is 32.1. The Bertz CT molecular complexity index is 740. The van der Waals surface area contributed by atoms with E-state index in [1.165, 1.54) is 28.4 Å². The van der Waals surface area contributed by atoms with Crippen LogP contribution in [-0.4, -0.2) is 34.5 Å². The quantitative estimate of drug-likeness (QED) is 0.927. The van der Waals surface area contributed by atoms with E-state index in [9.17, 15) is 19.1 Å². The zero-order valence-electron chi connectivity index (χ0n) is 11.4. The summed E-state index contributed by atoms with van der Waals surface area (Å²) in [6.45, 7) is 2.23. The lowest BCUT2D eigenvalue weighted by Gasteiger charge is -2.21. The molecule has 1 amide bonds. The van der Waals surface area contributed by atoms with Gasteiger partial charge in [0.05, 0.1) is 4.88 Å². The first kappa shape index (κ1) is 14.0. The van der Waals surface area contributed by atoms with E-state index >= 15 is 0 Å². The van der Waals surface area contributed by atoms with Gasteiger partial charge in [-0.1, -0.05) is 0 Å². The minimum Gasteiger partial charge on any atom is -0.480 e. The standard InChI is InChI=1S/C15H14FNO3S/c1-8-10-7-9(16)4-5-12(10)21-13(8)14(18)17-6-2-3-11(17)15(19)20/h4-5,7,11H,2-3,6H2,1H3,(H,19,20). The first-order valence-electron chi connectivity index (χ1n) is 6.71. The monoisotopic (exact) mass is 307 g/mol. The lowest BCUT2D eigenvalue weighted by atomic mass is 10.1. The fraction of sp³-hybridized carbons (Fsp3) is 0.333. The average molecular weight is 307 g/mol. The highest BCUT2D eigenvalue weighted by Crippen LogP contribution is 2.33. The molecular weight excluding hydrogens is 293 g/mol. The van der Waals surface area contributed by atoms with Gasteiger partial charge < -0.3 is 10.0 Å². The Morgan fingerprint density at radius 2 is 2.19 bits per heavy atom. The summed E-state index contributed by atoms with van der Waals surface area (Å²) in [5.41, 5.74) is 0.718. The van der Waals surface area contributed by atoms with Gasteiger partial charge in [0.15, 0.2) is 0 Å². The van der Waals surface area contributed by atoms with Crippen LogP contribution in [0.5, 0.6) is 0 Å². The number of aliphatic carboxylic acids is 1. The van der Waals surface area contributed by atoms with Crippen molar-refractivity contribution < 1.29 is 19.1 Å². The first-order chi connectivity index (χ1) is 9.99. The van der Waals surface area contributed by atoms with Gasteiger partial charge in [-0.3, -0.25) is 4.79 Å². The largest absolute Gasteiger partial charge is 0.480 e. The van der Waals surface area contributed by atoms with Crippen LogP contribution in [-0.2, 0) is 4.79 Å². The molecule has 21 heavy (non-hydrogen) atoms. The van der Waals surface area contributed by atoms with E-state index in [1.807, 2.05) is 0 Å². The molecule has 1 atom stereocenters. The van der Waals surface area contributed by atoms with Crippen molar-refractivity contribution >= 4 is 33.3 Å². The number of rotatable bonds is 2. The van der Waals surface area contributed by atoms with Gasteiger partial charge in [0.1, 0.15) is 11.9 Å². The molecule has 1 fully saturated rings. The number of halogens is 1. The number of likely N-dealkylation sites (tertiary alicyclic amines) is 1. The molecule has 1 unspecified atom stereocenters. The number of amides is 1. The minimum absolute atomic E-state index is 0.265. The number of nitrogens with zero attached hydrogens (tertiary/aromatic N) is 1. The number of fused-ring (bicyclic) bond motifs is 1. The van der Waals surface area contributed by atoms with Crippen LogP contribution in [0.3, 0.4) is 0 Å². The van der Waals surface area contributed by atoms with Gasteiger partial charge in [0.25, 0.3) is 5.91 Å². The van der Waals surface area contributed by atoms with Gasteiger partial charge in [-0.05, 0) is 48.9 Å². The topological polar surface area (TPSA) is 57.6 Å². The predicted molar refractivity (Wildman–Crippen MR) is 78.2 cm³/mol. The van der Waals surface area contributed by atoms with Crippen LogP contribution in [0.4, 0.5) is 4.39 Å². The van der Waals surface area contributed by atoms with Crippen molar-refractivity contribution in [3.05, 3.63) is 34.5 Å². The molecule has 1 aromatic carbocycles. The number of carbonyl (C=O) groups excluding carboxylic acids is 1. The molecule has 2 heterocycles. The maximum Gasteiger partial charge on any atom is 0.326 e. The Morgan fingerprint density at radius 1 is 1.43 bits per heavy atom. The van der Waals surface area contributed by atoms with Gasteiger partial charge in [0, 0.05) is 11.2 Å². The number of aryl methyl sites for hydroxylation is 1. The van der Waals surface area contributed by atoms with Crippen LogP contribution in [0.15, 0.2) is 18.2 Å². The molecule has 4 nitrogen and oxygen atoms in total. The molecule has 6 heteroatoms. The molecule has 0 aliphatic carbocycles. The zero-order chi connectivity index (χ0) is 15.1. The molecule has 3 rings (SSSR count). The number of thiophene rings is 1. The minimum atomic E-state index is -0.967. The van der Waals surface area contributed by atoms with Gasteiger partial charge >= 0.3 is 5.97 Å². The number of hydrogen-bond acceptors (Lipinski definition) is 3. The highest BCUT2D eigenvalue weighted by Gasteiger charge is 2.35. The molecule has 0 radical (unpaired) electrons. The normalized spacial score (nSPS) is 18.4. The third kappa shape index (κ3) is 2.29. The lowest BCUT2D eigenvalue weighted by molar-refractivity contribution is -0.141. The van der Waals surface area contributed by atoms with E-state index in [0.29, 0.717) is 24.3 Å². The van der Waals surface area contributed by atoms with E-state index in [0.717, 1.165) is 15.6 Å². The van der Waals surface area contributed by atoms with Crippen molar-refractivity contribution in [2.75, 3.05) is 6.54 Å². The summed E-state index contributed by atoms with van der Waals surface area (Å²) < 4.78 is 14.2. The molecule has 2 aromatic rings. The first-order valence-corrected chi connectivity index (χ1v) is 7.53. The summed E-state index contributed by atoms with van der Waals surface area (Å²) in [5, 5.41) is 9.90. The lowest BCUT2D eigenvalue weighted by Crippen LogP contribution is -2.40. The number of hydrogen-bond donors (Lipinski definition) is 1. The number of carbonyl (C=O) groups is 2. The summed E-state index contributed by atoms with van der Waals surface area (Å²) in [4.78, 5) is 25.7. The maximum absolute atomic E-state index is 13.3. The average Bonchev–Trinajstić information content (AvgIpc) is 3.04. The molecule has 1 aliphatic heterocycles. The Labute approximate surface area is 124 Å². The van der Waals surface area contributed by atoms with Crippen LogP contribution < -0.4 is 0 Å². The van der Waals surface area contributed by atoms with Crippen LogP contribution in [0.2, 0.25) is 0 Å². The Hall–Kier alpha value is -1.95. The Kier molecular flexibility index (Phi) is 3.41. The smallest absolute Gasteiger partial charge is 0.326 e. The number of carboxylic acids is 1. The third-order valence-electron chi connectivity index (χ3n) is 3.89. The number of benzene rings is 1. The van der Waals surface area contributed by atoms with Crippen molar-refractivity contribution in [2.24, 2.45) is 0 Å². The van der Waals surface area contributed by atoms with Crippen LogP contribution >= 0.6 is 11.3 Å². The summed E-state index contributed by atoms with van der Waals surface area (Å²) >= 11 is 1.29. The van der Waals surface area contributed by atoms with E-state index in [2.05, 4.69) is 0 Å². The SMILES string of the molecule is Cc1c(C(=O)N2CCCC2C(=O)O)sc2ccc(F)cc12. The molecule has 1 N–H and O–H groups in total. The second kappa shape index (κ2) is 5.11. The third-order valence-corrected chi connectivity index (χ3v) is 5.15. The summed E-state index contributed by atoms with van der Waals surface area (Å²) in [6.07, 6.45) is 1.18. The summed E-state index contributed by atoms with van der Waals surface area (Å²) in [7, 11) is 0. The maximum atomic E-state index is 13.3. The molecule has 0 saturated carbocycles. The Balaban J connectivity index is 2.02.